The van der Waals surface area contributed by atoms with Crippen molar-refractivity contribution in [3.05, 3.63) is 30.1 Å². The summed E-state index contributed by atoms with van der Waals surface area (Å²) in [5.74, 6) is 1.58. The zero-order valence-corrected chi connectivity index (χ0v) is 9.83. The van der Waals surface area contributed by atoms with Gasteiger partial charge in [-0.1, -0.05) is 6.92 Å². The number of hydrogen-bond acceptors (Lipinski definition) is 5. The van der Waals surface area contributed by atoms with Gasteiger partial charge in [-0.15, -0.1) is 0 Å². The largest absolute Gasteiger partial charge is 0.430 e. The highest BCUT2D eigenvalue weighted by molar-refractivity contribution is 7.07. The quantitative estimate of drug-likeness (QED) is 0.828. The lowest BCUT2D eigenvalue weighted by molar-refractivity contribution is 0.477. The van der Waals surface area contributed by atoms with E-state index in [0.717, 1.165) is 30.1 Å². The average Bonchev–Trinajstić information content (AvgIpc) is 2.70. The van der Waals surface area contributed by atoms with Gasteiger partial charge in [-0.3, -0.25) is 0 Å². The van der Waals surface area contributed by atoms with Crippen LogP contribution in [0.1, 0.15) is 19.2 Å². The van der Waals surface area contributed by atoms with Crippen LogP contribution in [0.15, 0.2) is 24.3 Å². The molecule has 2 N–H and O–H groups in total. The second kappa shape index (κ2) is 4.94. The Morgan fingerprint density at radius 3 is 2.75 bits per heavy atom. The number of nitrogens with two attached hydrogens (primary N) is 1. The third-order valence-electron chi connectivity index (χ3n) is 2.01. The standard InChI is InChI=1S/C11H13N3OS/c1-2-3-10-13-11(16-14-10)15-9-6-4-8(12)5-7-9/h4-7H,2-3,12H2,1H3. The van der Waals surface area contributed by atoms with Crippen molar-refractivity contribution < 1.29 is 4.74 Å². The molecule has 0 fully saturated rings. The number of hydrogen-bond donors (Lipinski definition) is 1. The Kier molecular flexibility index (Phi) is 3.36. The second-order valence-corrected chi connectivity index (χ2v) is 4.11. The Labute approximate surface area is 98.3 Å². The lowest BCUT2D eigenvalue weighted by atomic mass is 10.3. The first-order valence-corrected chi connectivity index (χ1v) is 5.91. The van der Waals surface area contributed by atoms with E-state index >= 15 is 0 Å². The molecule has 0 aliphatic carbocycles. The summed E-state index contributed by atoms with van der Waals surface area (Å²) >= 11 is 1.27. The number of nitrogen functional groups attached to an aromatic ring is 1. The molecule has 0 saturated heterocycles. The molecular formula is C11H13N3OS. The summed E-state index contributed by atoms with van der Waals surface area (Å²) in [5.41, 5.74) is 6.30. The molecule has 0 spiro atoms. The van der Waals surface area contributed by atoms with Gasteiger partial charge in [0.1, 0.15) is 11.6 Å². The number of aromatic nitrogens is 2. The third-order valence-corrected chi connectivity index (χ3v) is 2.64. The van der Waals surface area contributed by atoms with Crippen LogP contribution in [-0.4, -0.2) is 9.36 Å². The number of aryl methyl sites for hydroxylation is 1. The van der Waals surface area contributed by atoms with Gasteiger partial charge >= 0.3 is 0 Å². The van der Waals surface area contributed by atoms with Gasteiger partial charge < -0.3 is 10.5 Å². The first-order chi connectivity index (χ1) is 7.78. The first kappa shape index (κ1) is 10.9. The fourth-order valence-electron chi connectivity index (χ4n) is 1.24. The molecular weight excluding hydrogens is 222 g/mol. The maximum Gasteiger partial charge on any atom is 0.298 e. The molecule has 84 valence electrons. The second-order valence-electron chi connectivity index (χ2n) is 3.40. The van der Waals surface area contributed by atoms with Gasteiger partial charge in [0, 0.05) is 23.6 Å². The van der Waals surface area contributed by atoms with Gasteiger partial charge in [0.25, 0.3) is 5.19 Å². The molecule has 0 atom stereocenters. The summed E-state index contributed by atoms with van der Waals surface area (Å²) in [6.45, 7) is 2.10. The van der Waals surface area contributed by atoms with Crippen molar-refractivity contribution in [1.29, 1.82) is 0 Å². The molecule has 0 unspecified atom stereocenters. The van der Waals surface area contributed by atoms with E-state index < -0.39 is 0 Å². The molecule has 0 amide bonds. The summed E-state index contributed by atoms with van der Waals surface area (Å²) in [6, 6.07) is 7.22. The number of ether oxygens (including phenoxy) is 1. The van der Waals surface area contributed by atoms with Gasteiger partial charge in [0.05, 0.1) is 0 Å². The van der Waals surface area contributed by atoms with Gasteiger partial charge in [-0.25, -0.2) is 0 Å². The summed E-state index contributed by atoms with van der Waals surface area (Å²) in [5, 5.41) is 0.577. The van der Waals surface area contributed by atoms with E-state index in [1.165, 1.54) is 11.5 Å². The Hall–Kier alpha value is -1.62. The topological polar surface area (TPSA) is 61.0 Å². The van der Waals surface area contributed by atoms with Crippen LogP contribution in [0.25, 0.3) is 0 Å². The maximum atomic E-state index is 5.58. The predicted octanol–water partition coefficient (Wildman–Crippen LogP) is 2.87. The highest BCUT2D eigenvalue weighted by Gasteiger charge is 2.05. The molecule has 0 radical (unpaired) electrons. The van der Waals surface area contributed by atoms with Crippen molar-refractivity contribution in [1.82, 2.24) is 9.36 Å². The predicted molar refractivity (Wildman–Crippen MR) is 64.8 cm³/mol. The fraction of sp³-hybridized carbons (Fsp3) is 0.273. The molecule has 2 aromatic rings. The molecule has 1 aromatic carbocycles. The molecule has 2 rings (SSSR count). The van der Waals surface area contributed by atoms with Gasteiger partial charge in [-0.2, -0.15) is 9.36 Å². The van der Waals surface area contributed by atoms with E-state index in [9.17, 15) is 0 Å². The van der Waals surface area contributed by atoms with Gasteiger partial charge in [0.2, 0.25) is 0 Å². The number of nitrogens with zero attached hydrogens (tertiary/aromatic N) is 2. The highest BCUT2D eigenvalue weighted by atomic mass is 32.1. The van der Waals surface area contributed by atoms with E-state index in [1.54, 1.807) is 12.1 Å². The number of rotatable bonds is 4. The Morgan fingerprint density at radius 1 is 1.31 bits per heavy atom. The minimum absolute atomic E-state index is 0.577. The Balaban J connectivity index is 2.05. The lowest BCUT2D eigenvalue weighted by Crippen LogP contribution is -1.88. The molecule has 0 aliphatic rings. The smallest absolute Gasteiger partial charge is 0.298 e. The van der Waals surface area contributed by atoms with E-state index in [4.69, 9.17) is 10.5 Å². The first-order valence-electron chi connectivity index (χ1n) is 5.14. The molecule has 4 nitrogen and oxygen atoms in total. The van der Waals surface area contributed by atoms with Crippen molar-refractivity contribution in [2.24, 2.45) is 0 Å². The van der Waals surface area contributed by atoms with E-state index in [2.05, 4.69) is 16.3 Å². The number of benzene rings is 1. The Bertz CT molecular complexity index is 453. The van der Waals surface area contributed by atoms with E-state index in [0.29, 0.717) is 5.19 Å². The summed E-state index contributed by atoms with van der Waals surface area (Å²) in [7, 11) is 0. The van der Waals surface area contributed by atoms with Crippen LogP contribution in [0.2, 0.25) is 0 Å². The van der Waals surface area contributed by atoms with Crippen molar-refractivity contribution in [2.75, 3.05) is 5.73 Å². The van der Waals surface area contributed by atoms with Crippen molar-refractivity contribution in [3.8, 4) is 10.9 Å². The minimum atomic E-state index is 0.577. The summed E-state index contributed by atoms with van der Waals surface area (Å²) in [6.07, 6.45) is 1.93. The van der Waals surface area contributed by atoms with Crippen LogP contribution in [0.5, 0.6) is 10.9 Å². The lowest BCUT2D eigenvalue weighted by Gasteiger charge is -2.00. The molecule has 0 aliphatic heterocycles. The van der Waals surface area contributed by atoms with Crippen molar-refractivity contribution in [3.63, 3.8) is 0 Å². The normalized spacial score (nSPS) is 10.3. The van der Waals surface area contributed by atoms with Gasteiger partial charge in [-0.05, 0) is 30.7 Å². The fourth-order valence-corrected chi connectivity index (χ4v) is 1.84. The molecule has 0 saturated carbocycles. The zero-order chi connectivity index (χ0) is 11.4. The van der Waals surface area contributed by atoms with E-state index in [-0.39, 0.29) is 0 Å². The monoisotopic (exact) mass is 235 g/mol. The third kappa shape index (κ3) is 2.70. The zero-order valence-electron chi connectivity index (χ0n) is 9.01. The minimum Gasteiger partial charge on any atom is -0.430 e. The van der Waals surface area contributed by atoms with Crippen LogP contribution >= 0.6 is 11.5 Å². The van der Waals surface area contributed by atoms with E-state index in [1.807, 2.05) is 12.1 Å². The maximum absolute atomic E-state index is 5.58. The van der Waals surface area contributed by atoms with Crippen molar-refractivity contribution >= 4 is 17.2 Å². The molecule has 5 heteroatoms. The van der Waals surface area contributed by atoms with Crippen LogP contribution in [-0.2, 0) is 6.42 Å². The van der Waals surface area contributed by atoms with Crippen LogP contribution in [0, 0.1) is 0 Å². The van der Waals surface area contributed by atoms with Gasteiger partial charge in [0.15, 0.2) is 0 Å². The SMILES string of the molecule is CCCc1nsc(Oc2ccc(N)cc2)n1. The van der Waals surface area contributed by atoms with Crippen LogP contribution in [0.3, 0.4) is 0 Å². The highest BCUT2D eigenvalue weighted by Crippen LogP contribution is 2.23. The molecule has 1 heterocycles. The number of anilines is 1. The molecule has 1 aromatic heterocycles. The molecule has 16 heavy (non-hydrogen) atoms. The summed E-state index contributed by atoms with van der Waals surface area (Å²) in [4.78, 5) is 4.27. The van der Waals surface area contributed by atoms with Crippen LogP contribution in [0.4, 0.5) is 5.69 Å². The Morgan fingerprint density at radius 2 is 2.06 bits per heavy atom. The van der Waals surface area contributed by atoms with Crippen LogP contribution < -0.4 is 10.5 Å². The van der Waals surface area contributed by atoms with Crippen molar-refractivity contribution in [2.45, 2.75) is 19.8 Å². The average molecular weight is 235 g/mol. The molecule has 0 bridgehead atoms. The summed E-state index contributed by atoms with van der Waals surface area (Å²) < 4.78 is 9.75.